The molecule has 2 rings (SSSR count). The van der Waals surface area contributed by atoms with Gasteiger partial charge in [-0.1, -0.05) is 12.1 Å². The summed E-state index contributed by atoms with van der Waals surface area (Å²) in [5.74, 6) is 0.319. The number of carbonyl (C=O) groups excluding carboxylic acids is 2. The van der Waals surface area contributed by atoms with Gasteiger partial charge in [0.2, 0.25) is 5.91 Å². The smallest absolute Gasteiger partial charge is 0.259 e. The number of hydrogen-bond acceptors (Lipinski definition) is 5. The molecule has 3 N–H and O–H groups in total. The summed E-state index contributed by atoms with van der Waals surface area (Å²) < 4.78 is 5.19. The van der Waals surface area contributed by atoms with Gasteiger partial charge in [0.05, 0.1) is 11.6 Å². The van der Waals surface area contributed by atoms with Crippen molar-refractivity contribution in [1.29, 1.82) is 0 Å². The molecule has 0 radical (unpaired) electrons. The highest BCUT2D eigenvalue weighted by atomic mass is 35.5. The minimum absolute atomic E-state index is 0. The van der Waals surface area contributed by atoms with Crippen LogP contribution >= 0.6 is 12.4 Å². The molecule has 0 saturated carbocycles. The molecule has 1 unspecified atom stereocenters. The molecule has 130 valence electrons. The highest BCUT2D eigenvalue weighted by Crippen LogP contribution is 2.22. The van der Waals surface area contributed by atoms with E-state index >= 15 is 0 Å². The van der Waals surface area contributed by atoms with Crippen molar-refractivity contribution in [2.75, 3.05) is 26.2 Å². The van der Waals surface area contributed by atoms with Gasteiger partial charge in [0, 0.05) is 32.6 Å². The number of nitrogens with two attached hydrogens (primary N) is 1. The maximum atomic E-state index is 12.7. The average molecular weight is 345 g/mol. The third-order valence-corrected chi connectivity index (χ3v) is 3.99. The molecule has 0 aliphatic carbocycles. The average Bonchev–Trinajstić information content (AvgIpc) is 2.92. The Morgan fingerprint density at radius 3 is 2.87 bits per heavy atom. The quantitative estimate of drug-likeness (QED) is 0.826. The van der Waals surface area contributed by atoms with Crippen LogP contribution < -0.4 is 11.1 Å². The predicted octanol–water partition coefficient (Wildman–Crippen LogP) is 0.894. The van der Waals surface area contributed by atoms with Crippen LogP contribution in [0.5, 0.6) is 0 Å². The van der Waals surface area contributed by atoms with Crippen LogP contribution in [0.3, 0.4) is 0 Å². The third-order valence-electron chi connectivity index (χ3n) is 3.99. The molecule has 0 aromatic carbocycles. The zero-order valence-electron chi connectivity index (χ0n) is 13.6. The van der Waals surface area contributed by atoms with Crippen LogP contribution in [0, 0.1) is 12.8 Å². The zero-order chi connectivity index (χ0) is 16.1. The van der Waals surface area contributed by atoms with Crippen LogP contribution in [0.4, 0.5) is 0 Å². The van der Waals surface area contributed by atoms with Crippen molar-refractivity contribution in [2.45, 2.75) is 33.1 Å². The lowest BCUT2D eigenvalue weighted by Gasteiger charge is -2.32. The number of halogens is 1. The summed E-state index contributed by atoms with van der Waals surface area (Å²) in [6.45, 7) is 5.67. The van der Waals surface area contributed by atoms with Gasteiger partial charge in [-0.05, 0) is 19.8 Å². The lowest BCUT2D eigenvalue weighted by Crippen LogP contribution is -2.46. The van der Waals surface area contributed by atoms with Crippen molar-refractivity contribution in [3.05, 3.63) is 17.0 Å². The van der Waals surface area contributed by atoms with Gasteiger partial charge in [-0.2, -0.15) is 0 Å². The van der Waals surface area contributed by atoms with Gasteiger partial charge in [0.25, 0.3) is 5.91 Å². The van der Waals surface area contributed by atoms with Crippen molar-refractivity contribution >= 4 is 24.2 Å². The summed E-state index contributed by atoms with van der Waals surface area (Å²) in [4.78, 5) is 26.5. The molecular formula is C15H25ClN4O3. The first-order valence-corrected chi connectivity index (χ1v) is 7.80. The van der Waals surface area contributed by atoms with Gasteiger partial charge in [0.1, 0.15) is 11.3 Å². The van der Waals surface area contributed by atoms with Crippen molar-refractivity contribution in [1.82, 2.24) is 15.4 Å². The molecule has 1 aliphatic heterocycles. The minimum atomic E-state index is -0.172. The Morgan fingerprint density at radius 2 is 2.22 bits per heavy atom. The van der Waals surface area contributed by atoms with Gasteiger partial charge >= 0.3 is 0 Å². The van der Waals surface area contributed by atoms with E-state index in [1.54, 1.807) is 11.8 Å². The fourth-order valence-corrected chi connectivity index (χ4v) is 2.81. The number of hydrogen-bond donors (Lipinski definition) is 2. The second-order valence-electron chi connectivity index (χ2n) is 5.59. The van der Waals surface area contributed by atoms with E-state index in [9.17, 15) is 9.59 Å². The summed E-state index contributed by atoms with van der Waals surface area (Å²) in [5, 5.41) is 6.68. The van der Waals surface area contributed by atoms with E-state index in [0.29, 0.717) is 49.6 Å². The summed E-state index contributed by atoms with van der Waals surface area (Å²) in [6, 6.07) is 0. The maximum Gasteiger partial charge on any atom is 0.259 e. The van der Waals surface area contributed by atoms with Crippen LogP contribution in [0.1, 0.15) is 41.6 Å². The molecule has 2 heterocycles. The largest absolute Gasteiger partial charge is 0.360 e. The first-order chi connectivity index (χ1) is 10.6. The van der Waals surface area contributed by atoms with Crippen molar-refractivity contribution < 1.29 is 14.1 Å². The van der Waals surface area contributed by atoms with E-state index in [4.69, 9.17) is 10.3 Å². The van der Waals surface area contributed by atoms with Gasteiger partial charge in [-0.15, -0.1) is 12.4 Å². The first-order valence-electron chi connectivity index (χ1n) is 7.80. The molecule has 23 heavy (non-hydrogen) atoms. The molecule has 1 aromatic rings. The number of nitrogens with one attached hydrogen (secondary N) is 1. The number of aryl methyl sites for hydroxylation is 2. The van der Waals surface area contributed by atoms with Crippen LogP contribution in [0.15, 0.2) is 4.52 Å². The van der Waals surface area contributed by atoms with E-state index in [1.165, 1.54) is 0 Å². The highest BCUT2D eigenvalue weighted by Gasteiger charge is 2.31. The summed E-state index contributed by atoms with van der Waals surface area (Å²) in [5.41, 5.74) is 6.55. The molecule has 1 aliphatic rings. The van der Waals surface area contributed by atoms with E-state index in [-0.39, 0.29) is 30.1 Å². The Balaban J connectivity index is 0.00000264. The Morgan fingerprint density at radius 1 is 1.48 bits per heavy atom. The van der Waals surface area contributed by atoms with E-state index in [2.05, 4.69) is 10.5 Å². The van der Waals surface area contributed by atoms with Crippen LogP contribution in [-0.2, 0) is 11.2 Å². The fraction of sp³-hybridized carbons (Fsp3) is 0.667. The van der Waals surface area contributed by atoms with Crippen molar-refractivity contribution in [2.24, 2.45) is 11.7 Å². The molecule has 2 amide bonds. The Labute approximate surface area is 142 Å². The fourth-order valence-electron chi connectivity index (χ4n) is 2.81. The molecular weight excluding hydrogens is 320 g/mol. The summed E-state index contributed by atoms with van der Waals surface area (Å²) in [7, 11) is 0. The predicted molar refractivity (Wildman–Crippen MR) is 88.6 cm³/mol. The van der Waals surface area contributed by atoms with Gasteiger partial charge < -0.3 is 20.5 Å². The second kappa shape index (κ2) is 8.88. The monoisotopic (exact) mass is 344 g/mol. The number of likely N-dealkylation sites (tertiary alicyclic amines) is 1. The minimum Gasteiger partial charge on any atom is -0.360 e. The molecule has 1 atom stereocenters. The van der Waals surface area contributed by atoms with Gasteiger partial charge in [-0.3, -0.25) is 9.59 Å². The maximum absolute atomic E-state index is 12.7. The van der Waals surface area contributed by atoms with Gasteiger partial charge in [-0.25, -0.2) is 0 Å². The number of aromatic nitrogens is 1. The number of amides is 2. The van der Waals surface area contributed by atoms with Crippen LogP contribution in [0.25, 0.3) is 0 Å². The summed E-state index contributed by atoms with van der Waals surface area (Å²) in [6.07, 6.45) is 2.23. The number of piperidine rings is 1. The SMILES string of the molecule is CCc1onc(C)c1C(=O)N1CCCC(C(=O)NCCN)C1.Cl. The molecule has 1 fully saturated rings. The second-order valence-corrected chi connectivity index (χ2v) is 5.59. The number of rotatable bonds is 5. The standard InChI is InChI=1S/C15H24N4O3.ClH/c1-3-12-13(10(2)18-22-12)15(21)19-8-4-5-11(9-19)14(20)17-7-6-16;/h11H,3-9,16H2,1-2H3,(H,17,20);1H. The van der Waals surface area contributed by atoms with Crippen LogP contribution in [0.2, 0.25) is 0 Å². The Bertz CT molecular complexity index is 547. The number of nitrogens with zero attached hydrogens (tertiary/aromatic N) is 2. The zero-order valence-corrected chi connectivity index (χ0v) is 14.4. The third kappa shape index (κ3) is 4.45. The van der Waals surface area contributed by atoms with E-state index in [1.807, 2.05) is 6.92 Å². The summed E-state index contributed by atoms with van der Waals surface area (Å²) >= 11 is 0. The molecule has 0 spiro atoms. The van der Waals surface area contributed by atoms with E-state index < -0.39 is 0 Å². The van der Waals surface area contributed by atoms with Gasteiger partial charge in [0.15, 0.2) is 0 Å². The lowest BCUT2D eigenvalue weighted by atomic mass is 9.96. The highest BCUT2D eigenvalue weighted by molar-refractivity contribution is 5.96. The molecule has 8 heteroatoms. The molecule has 7 nitrogen and oxygen atoms in total. The first kappa shape index (κ1) is 19.4. The number of carbonyl (C=O) groups is 2. The normalized spacial score (nSPS) is 17.5. The Kier molecular flexibility index (Phi) is 7.51. The molecule has 1 aromatic heterocycles. The topological polar surface area (TPSA) is 101 Å². The van der Waals surface area contributed by atoms with Crippen molar-refractivity contribution in [3.63, 3.8) is 0 Å². The van der Waals surface area contributed by atoms with Crippen LogP contribution in [-0.4, -0.2) is 48.0 Å². The van der Waals surface area contributed by atoms with Crippen molar-refractivity contribution in [3.8, 4) is 0 Å². The molecule has 0 bridgehead atoms. The lowest BCUT2D eigenvalue weighted by molar-refractivity contribution is -0.126. The molecule has 1 saturated heterocycles. The Hall–Kier alpha value is -1.60. The van der Waals surface area contributed by atoms with E-state index in [0.717, 1.165) is 12.8 Å².